The summed E-state index contributed by atoms with van der Waals surface area (Å²) in [7, 11) is 1.50. The number of phenols is 1. The molecule has 1 amide bonds. The van der Waals surface area contributed by atoms with E-state index < -0.39 is 18.5 Å². The van der Waals surface area contributed by atoms with Gasteiger partial charge in [-0.25, -0.2) is 4.79 Å². The van der Waals surface area contributed by atoms with Crippen molar-refractivity contribution in [2.24, 2.45) is 0 Å². The van der Waals surface area contributed by atoms with Crippen LogP contribution in [0, 0.1) is 13.8 Å². The van der Waals surface area contributed by atoms with E-state index in [9.17, 15) is 14.7 Å². The number of hydrogen-bond acceptors (Lipinski definition) is 5. The molecule has 6 heteroatoms. The molecule has 24 heavy (non-hydrogen) atoms. The van der Waals surface area contributed by atoms with Gasteiger partial charge in [0, 0.05) is 0 Å². The molecule has 0 aromatic heterocycles. The lowest BCUT2D eigenvalue weighted by molar-refractivity contribution is -0.119. The molecule has 2 rings (SSSR count). The third-order valence-corrected chi connectivity index (χ3v) is 3.42. The molecular formula is C18H19NO5. The Morgan fingerprint density at radius 2 is 1.92 bits per heavy atom. The quantitative estimate of drug-likeness (QED) is 0.824. The first-order valence-electron chi connectivity index (χ1n) is 7.32. The minimum atomic E-state index is -0.762. The molecule has 2 aromatic rings. The Balaban J connectivity index is 2.00. The van der Waals surface area contributed by atoms with E-state index in [2.05, 4.69) is 5.32 Å². The summed E-state index contributed by atoms with van der Waals surface area (Å²) in [6.07, 6.45) is 0. The molecule has 0 atom stereocenters. The van der Waals surface area contributed by atoms with Gasteiger partial charge in [0.05, 0.1) is 12.8 Å². The number of carbonyl (C=O) groups excluding carboxylic acids is 2. The number of benzene rings is 2. The lowest BCUT2D eigenvalue weighted by Crippen LogP contribution is -2.21. The Morgan fingerprint density at radius 3 is 2.62 bits per heavy atom. The topological polar surface area (TPSA) is 84.9 Å². The molecule has 0 aliphatic heterocycles. The fourth-order valence-electron chi connectivity index (χ4n) is 2.14. The lowest BCUT2D eigenvalue weighted by atomic mass is 10.1. The average Bonchev–Trinajstić information content (AvgIpc) is 2.55. The summed E-state index contributed by atoms with van der Waals surface area (Å²) in [6.45, 7) is 3.09. The lowest BCUT2D eigenvalue weighted by Gasteiger charge is -2.11. The van der Waals surface area contributed by atoms with Gasteiger partial charge in [-0.05, 0) is 43.2 Å². The molecule has 0 saturated carbocycles. The largest absolute Gasteiger partial charge is 0.507 e. The molecule has 6 nitrogen and oxygen atoms in total. The normalized spacial score (nSPS) is 10.1. The molecule has 0 radical (unpaired) electrons. The van der Waals surface area contributed by atoms with Crippen molar-refractivity contribution in [3.05, 3.63) is 53.1 Å². The molecule has 0 saturated heterocycles. The first-order chi connectivity index (χ1) is 11.4. The maximum absolute atomic E-state index is 12.0. The van der Waals surface area contributed by atoms with Crippen molar-refractivity contribution < 1.29 is 24.2 Å². The molecule has 0 bridgehead atoms. The highest BCUT2D eigenvalue weighted by atomic mass is 16.5. The first-order valence-corrected chi connectivity index (χ1v) is 7.32. The summed E-state index contributed by atoms with van der Waals surface area (Å²) >= 11 is 0. The van der Waals surface area contributed by atoms with Gasteiger partial charge < -0.3 is 19.9 Å². The molecule has 0 aliphatic rings. The minimum absolute atomic E-state index is 0.0240. The van der Waals surface area contributed by atoms with Crippen LogP contribution in [0.25, 0.3) is 0 Å². The average molecular weight is 329 g/mol. The number of para-hydroxylation sites is 1. The number of esters is 1. The number of anilines is 1. The van der Waals surface area contributed by atoms with E-state index in [1.165, 1.54) is 13.2 Å². The first kappa shape index (κ1) is 17.3. The van der Waals surface area contributed by atoms with Gasteiger partial charge in [0.2, 0.25) is 0 Å². The van der Waals surface area contributed by atoms with Gasteiger partial charge in [-0.2, -0.15) is 0 Å². The summed E-state index contributed by atoms with van der Waals surface area (Å²) in [6, 6.07) is 10.1. The molecule has 2 aromatic carbocycles. The van der Waals surface area contributed by atoms with E-state index in [0.717, 1.165) is 5.56 Å². The van der Waals surface area contributed by atoms with Crippen LogP contribution in [-0.2, 0) is 9.53 Å². The van der Waals surface area contributed by atoms with Crippen molar-refractivity contribution in [3.8, 4) is 11.5 Å². The van der Waals surface area contributed by atoms with Gasteiger partial charge in [-0.3, -0.25) is 4.79 Å². The van der Waals surface area contributed by atoms with Crippen molar-refractivity contribution in [2.45, 2.75) is 13.8 Å². The number of methoxy groups -OCH3 is 1. The van der Waals surface area contributed by atoms with Gasteiger partial charge in [-0.15, -0.1) is 0 Å². The summed E-state index contributed by atoms with van der Waals surface area (Å²) in [5.74, 6) is -0.901. The molecule has 0 fully saturated rings. The highest BCUT2D eigenvalue weighted by Gasteiger charge is 2.16. The summed E-state index contributed by atoms with van der Waals surface area (Å²) in [5.41, 5.74) is 2.03. The van der Waals surface area contributed by atoms with Crippen LogP contribution in [0.15, 0.2) is 36.4 Å². The predicted octanol–water partition coefficient (Wildman–Crippen LogP) is 2.81. The SMILES string of the molecule is COc1ccc(C)cc1NC(=O)COC(=O)c1cccc(C)c1O. The van der Waals surface area contributed by atoms with Crippen LogP contribution in [0.4, 0.5) is 5.69 Å². The van der Waals surface area contributed by atoms with E-state index in [1.54, 1.807) is 31.2 Å². The summed E-state index contributed by atoms with van der Waals surface area (Å²) in [4.78, 5) is 23.9. The maximum atomic E-state index is 12.0. The van der Waals surface area contributed by atoms with Crippen molar-refractivity contribution in [1.82, 2.24) is 0 Å². The van der Waals surface area contributed by atoms with E-state index in [4.69, 9.17) is 9.47 Å². The zero-order valence-electron chi connectivity index (χ0n) is 13.8. The molecule has 0 spiro atoms. The van der Waals surface area contributed by atoms with Crippen LogP contribution in [0.2, 0.25) is 0 Å². The van der Waals surface area contributed by atoms with Gasteiger partial charge in [0.25, 0.3) is 5.91 Å². The number of phenolic OH excluding ortho intramolecular Hbond substituents is 1. The van der Waals surface area contributed by atoms with Crippen LogP contribution < -0.4 is 10.1 Å². The standard InChI is InChI=1S/C18H19NO5/c1-11-7-8-15(23-3)14(9-11)19-16(20)10-24-18(22)13-6-4-5-12(2)17(13)21/h4-9,21H,10H2,1-3H3,(H,19,20). The number of amides is 1. The molecule has 2 N–H and O–H groups in total. The highest BCUT2D eigenvalue weighted by Crippen LogP contribution is 2.25. The summed E-state index contributed by atoms with van der Waals surface area (Å²) < 4.78 is 10.1. The number of nitrogens with one attached hydrogen (secondary N) is 1. The fourth-order valence-corrected chi connectivity index (χ4v) is 2.14. The number of carbonyl (C=O) groups is 2. The smallest absolute Gasteiger partial charge is 0.342 e. The zero-order chi connectivity index (χ0) is 17.7. The van der Waals surface area contributed by atoms with Crippen LogP contribution in [-0.4, -0.2) is 30.7 Å². The molecular weight excluding hydrogens is 310 g/mol. The Bertz CT molecular complexity index is 770. The third kappa shape index (κ3) is 4.04. The van der Waals surface area contributed by atoms with Gasteiger partial charge >= 0.3 is 5.97 Å². The molecule has 0 aliphatic carbocycles. The monoisotopic (exact) mass is 329 g/mol. The van der Waals surface area contributed by atoms with E-state index in [-0.39, 0.29) is 11.3 Å². The van der Waals surface area contributed by atoms with Crippen molar-refractivity contribution in [1.29, 1.82) is 0 Å². The number of aryl methyl sites for hydroxylation is 2. The van der Waals surface area contributed by atoms with Gasteiger partial charge in [0.1, 0.15) is 17.1 Å². The highest BCUT2D eigenvalue weighted by molar-refractivity contribution is 5.97. The Hall–Kier alpha value is -3.02. The molecule has 0 heterocycles. The zero-order valence-corrected chi connectivity index (χ0v) is 13.8. The summed E-state index contributed by atoms with van der Waals surface area (Å²) in [5, 5.41) is 12.5. The Kier molecular flexibility index (Phi) is 5.42. The number of aromatic hydroxyl groups is 1. The van der Waals surface area contributed by atoms with Crippen LogP contribution >= 0.6 is 0 Å². The van der Waals surface area contributed by atoms with Crippen LogP contribution in [0.3, 0.4) is 0 Å². The molecule has 0 unspecified atom stereocenters. The van der Waals surface area contributed by atoms with Crippen molar-refractivity contribution in [3.63, 3.8) is 0 Å². The van der Waals surface area contributed by atoms with Crippen LogP contribution in [0.1, 0.15) is 21.5 Å². The van der Waals surface area contributed by atoms with Crippen molar-refractivity contribution >= 4 is 17.6 Å². The van der Waals surface area contributed by atoms with E-state index in [1.807, 2.05) is 13.0 Å². The number of hydrogen-bond donors (Lipinski definition) is 2. The number of ether oxygens (including phenoxy) is 2. The van der Waals surface area contributed by atoms with Gasteiger partial charge in [0.15, 0.2) is 6.61 Å². The molecule has 126 valence electrons. The van der Waals surface area contributed by atoms with E-state index >= 15 is 0 Å². The van der Waals surface area contributed by atoms with E-state index in [0.29, 0.717) is 17.0 Å². The number of rotatable bonds is 5. The van der Waals surface area contributed by atoms with Gasteiger partial charge in [-0.1, -0.05) is 18.2 Å². The van der Waals surface area contributed by atoms with Crippen molar-refractivity contribution in [2.75, 3.05) is 19.0 Å². The van der Waals surface area contributed by atoms with Crippen LogP contribution in [0.5, 0.6) is 11.5 Å². The maximum Gasteiger partial charge on any atom is 0.342 e. The second-order valence-electron chi connectivity index (χ2n) is 5.30. The minimum Gasteiger partial charge on any atom is -0.507 e. The Labute approximate surface area is 140 Å². The second kappa shape index (κ2) is 7.50. The predicted molar refractivity (Wildman–Crippen MR) is 89.5 cm³/mol. The second-order valence-corrected chi connectivity index (χ2v) is 5.30. The fraction of sp³-hybridized carbons (Fsp3) is 0.222. The Morgan fingerprint density at radius 1 is 1.17 bits per heavy atom. The third-order valence-electron chi connectivity index (χ3n) is 3.42.